The van der Waals surface area contributed by atoms with E-state index in [0.29, 0.717) is 13.0 Å². The fourth-order valence-corrected chi connectivity index (χ4v) is 2.83. The van der Waals surface area contributed by atoms with Gasteiger partial charge in [-0.3, -0.25) is 0 Å². The molecule has 1 rings (SSSR count). The number of rotatable bonds is 9. The molecule has 0 aliphatic heterocycles. The molecule has 9 nitrogen and oxygen atoms in total. The quantitative estimate of drug-likeness (QED) is 0.403. The van der Waals surface area contributed by atoms with E-state index in [1.807, 2.05) is 6.92 Å². The number of sulfonamides is 1. The van der Waals surface area contributed by atoms with Crippen molar-refractivity contribution < 1.29 is 28.2 Å². The highest BCUT2D eigenvalue weighted by molar-refractivity contribution is 7.89. The van der Waals surface area contributed by atoms with Crippen molar-refractivity contribution >= 4 is 27.7 Å². The molecule has 0 saturated heterocycles. The van der Waals surface area contributed by atoms with Crippen molar-refractivity contribution in [3.63, 3.8) is 0 Å². The molecule has 1 aromatic rings. The lowest BCUT2D eigenvalue weighted by Gasteiger charge is -2.18. The molecule has 10 heteroatoms. The molecular weight excluding hydrogens is 350 g/mol. The van der Waals surface area contributed by atoms with Crippen molar-refractivity contribution in [3.05, 3.63) is 24.3 Å². The van der Waals surface area contributed by atoms with Crippen molar-refractivity contribution in [2.24, 2.45) is 0 Å². The molecule has 0 aromatic heterocycles. The third kappa shape index (κ3) is 6.69. The van der Waals surface area contributed by atoms with E-state index >= 15 is 0 Å². The van der Waals surface area contributed by atoms with Crippen LogP contribution in [0.25, 0.3) is 0 Å². The monoisotopic (exact) mass is 373 g/mol. The van der Waals surface area contributed by atoms with Crippen LogP contribution in [0, 0.1) is 0 Å². The highest BCUT2D eigenvalue weighted by atomic mass is 32.2. The molecule has 0 radical (unpaired) electrons. The number of urea groups is 1. The summed E-state index contributed by atoms with van der Waals surface area (Å²) in [4.78, 5) is 22.5. The molecule has 0 heterocycles. The predicted molar refractivity (Wildman–Crippen MR) is 91.8 cm³/mol. The Morgan fingerprint density at radius 1 is 1.28 bits per heavy atom. The van der Waals surface area contributed by atoms with E-state index in [1.165, 1.54) is 24.3 Å². The van der Waals surface area contributed by atoms with Gasteiger partial charge in [0.2, 0.25) is 10.0 Å². The van der Waals surface area contributed by atoms with Crippen molar-refractivity contribution in [2.45, 2.75) is 37.2 Å². The van der Waals surface area contributed by atoms with Gasteiger partial charge in [0.1, 0.15) is 0 Å². The second-order valence-corrected chi connectivity index (χ2v) is 7.43. The zero-order valence-corrected chi connectivity index (χ0v) is 14.9. The Hall–Kier alpha value is -2.17. The maximum atomic E-state index is 12.1. The van der Waals surface area contributed by atoms with E-state index < -0.39 is 34.2 Å². The first-order valence-electron chi connectivity index (χ1n) is 7.69. The number of anilines is 1. The number of nitrogens with one attached hydrogen (secondary N) is 3. The first-order chi connectivity index (χ1) is 11.6. The predicted octanol–water partition coefficient (Wildman–Crippen LogP) is 0.722. The van der Waals surface area contributed by atoms with Gasteiger partial charge in [-0.15, -0.1) is 0 Å². The number of aliphatic carboxylic acids is 1. The van der Waals surface area contributed by atoms with Crippen molar-refractivity contribution in [1.29, 1.82) is 0 Å². The fourth-order valence-electron chi connectivity index (χ4n) is 1.71. The Balaban J connectivity index is 2.72. The van der Waals surface area contributed by atoms with Crippen LogP contribution in [0.1, 0.15) is 26.7 Å². The zero-order chi connectivity index (χ0) is 19.1. The SMILES string of the molecule is CCCCNS(=O)(=O)c1cccc(NC(=O)NCC(C)(O)C(=O)O)c1. The molecule has 1 aromatic carbocycles. The normalized spacial score (nSPS) is 13.7. The summed E-state index contributed by atoms with van der Waals surface area (Å²) in [5, 5.41) is 22.9. The molecule has 25 heavy (non-hydrogen) atoms. The molecule has 0 spiro atoms. The molecule has 0 aliphatic carbocycles. The number of benzene rings is 1. The molecule has 0 aliphatic rings. The van der Waals surface area contributed by atoms with E-state index in [4.69, 9.17) is 5.11 Å². The number of amides is 2. The van der Waals surface area contributed by atoms with Crippen LogP contribution in [0.15, 0.2) is 29.2 Å². The van der Waals surface area contributed by atoms with Gasteiger partial charge in [0.05, 0.1) is 11.4 Å². The third-order valence-corrected chi connectivity index (χ3v) is 4.74. The minimum Gasteiger partial charge on any atom is -0.479 e. The third-order valence-electron chi connectivity index (χ3n) is 3.28. The van der Waals surface area contributed by atoms with Gasteiger partial charge in [0, 0.05) is 12.2 Å². The minimum absolute atomic E-state index is 0.000986. The second-order valence-electron chi connectivity index (χ2n) is 5.67. The molecule has 0 bridgehead atoms. The van der Waals surface area contributed by atoms with Gasteiger partial charge in [0.25, 0.3) is 0 Å². The summed E-state index contributed by atoms with van der Waals surface area (Å²) in [6.07, 6.45) is 1.56. The topological polar surface area (TPSA) is 145 Å². The summed E-state index contributed by atoms with van der Waals surface area (Å²) < 4.78 is 26.7. The number of hydrogen-bond acceptors (Lipinski definition) is 5. The molecule has 0 fully saturated rings. The second kappa shape index (κ2) is 8.79. The number of unbranched alkanes of at least 4 members (excludes halogenated alkanes) is 1. The summed E-state index contributed by atoms with van der Waals surface area (Å²) in [7, 11) is -3.68. The Labute approximate surface area is 146 Å². The highest BCUT2D eigenvalue weighted by Crippen LogP contribution is 2.15. The maximum absolute atomic E-state index is 12.1. The van der Waals surface area contributed by atoms with Crippen LogP contribution >= 0.6 is 0 Å². The largest absolute Gasteiger partial charge is 0.479 e. The van der Waals surface area contributed by atoms with Crippen LogP contribution in [0.2, 0.25) is 0 Å². The van der Waals surface area contributed by atoms with Gasteiger partial charge in [-0.25, -0.2) is 22.7 Å². The summed E-state index contributed by atoms with van der Waals surface area (Å²) in [6, 6.07) is 4.86. The molecule has 1 atom stereocenters. The summed E-state index contributed by atoms with van der Waals surface area (Å²) in [5.74, 6) is -1.47. The van der Waals surface area contributed by atoms with Gasteiger partial charge in [-0.05, 0) is 31.5 Å². The minimum atomic E-state index is -3.68. The van der Waals surface area contributed by atoms with Gasteiger partial charge < -0.3 is 20.8 Å². The zero-order valence-electron chi connectivity index (χ0n) is 14.1. The van der Waals surface area contributed by atoms with Gasteiger partial charge in [-0.2, -0.15) is 0 Å². The smallest absolute Gasteiger partial charge is 0.337 e. The first kappa shape index (κ1) is 20.9. The average molecular weight is 373 g/mol. The van der Waals surface area contributed by atoms with Crippen LogP contribution in [-0.4, -0.2) is 49.3 Å². The molecule has 1 unspecified atom stereocenters. The molecule has 5 N–H and O–H groups in total. The summed E-state index contributed by atoms with van der Waals surface area (Å²) >= 11 is 0. The Bertz CT molecular complexity index is 718. The fraction of sp³-hybridized carbons (Fsp3) is 0.467. The van der Waals surface area contributed by atoms with Crippen molar-refractivity contribution in [3.8, 4) is 0 Å². The van der Waals surface area contributed by atoms with Crippen LogP contribution in [-0.2, 0) is 14.8 Å². The number of hydrogen-bond donors (Lipinski definition) is 5. The van der Waals surface area contributed by atoms with Crippen molar-refractivity contribution in [1.82, 2.24) is 10.0 Å². The lowest BCUT2D eigenvalue weighted by molar-refractivity contribution is -0.155. The average Bonchev–Trinajstić information content (AvgIpc) is 2.53. The number of aliphatic hydroxyl groups is 1. The maximum Gasteiger partial charge on any atom is 0.337 e. The molecule has 2 amide bonds. The lowest BCUT2D eigenvalue weighted by atomic mass is 10.1. The Morgan fingerprint density at radius 3 is 2.56 bits per heavy atom. The molecular formula is C15H23N3O6S. The van der Waals surface area contributed by atoms with E-state index in [1.54, 1.807) is 0 Å². The standard InChI is InChI=1S/C15H23N3O6S/c1-3-4-8-17-25(23,24)12-7-5-6-11(9-12)18-14(21)16-10-15(2,22)13(19)20/h5-7,9,17,22H,3-4,8,10H2,1-2H3,(H,19,20)(H2,16,18,21). The van der Waals surface area contributed by atoms with E-state index in [2.05, 4.69) is 15.4 Å². The van der Waals surface area contributed by atoms with Gasteiger partial charge >= 0.3 is 12.0 Å². The van der Waals surface area contributed by atoms with Crippen LogP contribution < -0.4 is 15.4 Å². The molecule has 0 saturated carbocycles. The summed E-state index contributed by atoms with van der Waals surface area (Å²) in [6.45, 7) is 2.80. The first-order valence-corrected chi connectivity index (χ1v) is 9.17. The molecule has 140 valence electrons. The van der Waals surface area contributed by atoms with E-state index in [9.17, 15) is 23.1 Å². The number of carbonyl (C=O) groups excluding carboxylic acids is 1. The van der Waals surface area contributed by atoms with Gasteiger partial charge in [-0.1, -0.05) is 19.4 Å². The number of carbonyl (C=O) groups is 2. The highest BCUT2D eigenvalue weighted by Gasteiger charge is 2.30. The number of carboxylic acid groups (broad SMARTS) is 1. The van der Waals surface area contributed by atoms with Crippen LogP contribution in [0.4, 0.5) is 10.5 Å². The summed E-state index contributed by atoms with van der Waals surface area (Å²) in [5.41, 5.74) is -1.89. The van der Waals surface area contributed by atoms with E-state index in [-0.39, 0.29) is 10.6 Å². The Kier molecular flexibility index (Phi) is 7.34. The Morgan fingerprint density at radius 2 is 1.96 bits per heavy atom. The lowest BCUT2D eigenvalue weighted by Crippen LogP contribution is -2.47. The van der Waals surface area contributed by atoms with Crippen LogP contribution in [0.3, 0.4) is 0 Å². The number of carboxylic acids is 1. The van der Waals surface area contributed by atoms with Gasteiger partial charge in [0.15, 0.2) is 5.60 Å². The van der Waals surface area contributed by atoms with Crippen molar-refractivity contribution in [2.75, 3.05) is 18.4 Å². The van der Waals surface area contributed by atoms with Crippen LogP contribution in [0.5, 0.6) is 0 Å². The van der Waals surface area contributed by atoms with E-state index in [0.717, 1.165) is 13.3 Å².